The zero-order chi connectivity index (χ0) is 10.0. The van der Waals surface area contributed by atoms with Crippen LogP contribution < -0.4 is 0 Å². The van der Waals surface area contributed by atoms with Crippen molar-refractivity contribution in [1.82, 2.24) is 0 Å². The van der Waals surface area contributed by atoms with Crippen molar-refractivity contribution in [3.8, 4) is 0 Å². The van der Waals surface area contributed by atoms with Gasteiger partial charge >= 0.3 is 0 Å². The summed E-state index contributed by atoms with van der Waals surface area (Å²) in [6, 6.07) is 9.91. The molecule has 0 aromatic heterocycles. The Morgan fingerprint density at radius 2 is 2.00 bits per heavy atom. The zero-order valence-corrected chi connectivity index (χ0v) is 8.48. The monoisotopic (exact) mass is 188 g/mol. The van der Waals surface area contributed by atoms with Crippen molar-refractivity contribution >= 4 is 0 Å². The van der Waals surface area contributed by atoms with Crippen LogP contribution in [0.15, 0.2) is 42.5 Å². The summed E-state index contributed by atoms with van der Waals surface area (Å²) in [4.78, 5) is 0. The largest absolute Gasteiger partial charge is 0.385 e. The molecule has 1 N–H and O–H groups in total. The molecule has 1 aromatic rings. The van der Waals surface area contributed by atoms with Crippen LogP contribution in [0.3, 0.4) is 0 Å². The molecule has 2 atom stereocenters. The molecule has 1 nitrogen and oxygen atoms in total. The molecule has 1 aliphatic rings. The average Bonchev–Trinajstić information content (AvgIpc) is 2.72. The highest BCUT2D eigenvalue weighted by Gasteiger charge is 2.32. The minimum atomic E-state index is -0.714. The Morgan fingerprint density at radius 1 is 1.29 bits per heavy atom. The third kappa shape index (κ3) is 1.60. The van der Waals surface area contributed by atoms with Gasteiger partial charge in [-0.15, -0.1) is 0 Å². The van der Waals surface area contributed by atoms with Gasteiger partial charge in [-0.25, -0.2) is 0 Å². The Kier molecular flexibility index (Phi) is 2.42. The topological polar surface area (TPSA) is 20.2 Å². The van der Waals surface area contributed by atoms with Crippen LogP contribution in [0.4, 0.5) is 0 Å². The SMILES string of the molecule is C[C@@](O)(c1ccccc1)[C@H]1C=CCC1. The molecule has 14 heavy (non-hydrogen) atoms. The molecule has 0 bridgehead atoms. The molecule has 1 aliphatic carbocycles. The van der Waals surface area contributed by atoms with E-state index in [0.29, 0.717) is 0 Å². The van der Waals surface area contributed by atoms with Gasteiger partial charge in [0.2, 0.25) is 0 Å². The van der Waals surface area contributed by atoms with Crippen molar-refractivity contribution in [2.45, 2.75) is 25.4 Å². The Morgan fingerprint density at radius 3 is 2.57 bits per heavy atom. The van der Waals surface area contributed by atoms with E-state index in [0.717, 1.165) is 18.4 Å². The lowest BCUT2D eigenvalue weighted by atomic mass is 9.82. The van der Waals surface area contributed by atoms with Gasteiger partial charge in [0.15, 0.2) is 0 Å². The van der Waals surface area contributed by atoms with E-state index >= 15 is 0 Å². The van der Waals surface area contributed by atoms with Gasteiger partial charge in [-0.1, -0.05) is 42.5 Å². The molecular formula is C13H16O. The lowest BCUT2D eigenvalue weighted by Crippen LogP contribution is -2.29. The number of allylic oxidation sites excluding steroid dienone is 1. The van der Waals surface area contributed by atoms with Gasteiger partial charge in [-0.2, -0.15) is 0 Å². The second-order valence-electron chi connectivity index (χ2n) is 4.13. The molecule has 0 saturated carbocycles. The van der Waals surface area contributed by atoms with Crippen LogP contribution in [-0.4, -0.2) is 5.11 Å². The maximum atomic E-state index is 10.4. The van der Waals surface area contributed by atoms with Crippen LogP contribution in [0, 0.1) is 5.92 Å². The van der Waals surface area contributed by atoms with E-state index in [9.17, 15) is 5.11 Å². The summed E-state index contributed by atoms with van der Waals surface area (Å²) in [5.41, 5.74) is 0.297. The first-order valence-electron chi connectivity index (χ1n) is 5.16. The molecule has 0 aliphatic heterocycles. The summed E-state index contributed by atoms with van der Waals surface area (Å²) >= 11 is 0. The quantitative estimate of drug-likeness (QED) is 0.707. The van der Waals surface area contributed by atoms with Crippen LogP contribution in [-0.2, 0) is 5.60 Å². The molecule has 0 radical (unpaired) electrons. The predicted molar refractivity (Wildman–Crippen MR) is 57.9 cm³/mol. The van der Waals surface area contributed by atoms with Gasteiger partial charge in [0.1, 0.15) is 0 Å². The van der Waals surface area contributed by atoms with Crippen molar-refractivity contribution in [2.75, 3.05) is 0 Å². The van der Waals surface area contributed by atoms with Crippen LogP contribution in [0.5, 0.6) is 0 Å². The molecule has 0 fully saturated rings. The van der Waals surface area contributed by atoms with Gasteiger partial charge in [-0.05, 0) is 25.3 Å². The molecule has 0 heterocycles. The maximum Gasteiger partial charge on any atom is 0.0930 e. The molecule has 1 heteroatoms. The fourth-order valence-electron chi connectivity index (χ4n) is 2.09. The van der Waals surface area contributed by atoms with Gasteiger partial charge in [0.05, 0.1) is 5.60 Å². The van der Waals surface area contributed by atoms with Crippen LogP contribution >= 0.6 is 0 Å². The maximum absolute atomic E-state index is 10.4. The van der Waals surface area contributed by atoms with Crippen molar-refractivity contribution in [3.63, 3.8) is 0 Å². The van der Waals surface area contributed by atoms with Gasteiger partial charge in [-0.3, -0.25) is 0 Å². The Balaban J connectivity index is 2.27. The molecule has 0 spiro atoms. The summed E-state index contributed by atoms with van der Waals surface area (Å²) in [7, 11) is 0. The van der Waals surface area contributed by atoms with Gasteiger partial charge in [0, 0.05) is 5.92 Å². The highest BCUT2D eigenvalue weighted by molar-refractivity contribution is 5.24. The van der Waals surface area contributed by atoms with E-state index in [1.165, 1.54) is 0 Å². The first kappa shape index (κ1) is 9.47. The smallest absolute Gasteiger partial charge is 0.0930 e. The number of benzene rings is 1. The van der Waals surface area contributed by atoms with E-state index in [-0.39, 0.29) is 5.92 Å². The summed E-state index contributed by atoms with van der Waals surface area (Å²) in [6.07, 6.45) is 6.44. The highest BCUT2D eigenvalue weighted by atomic mass is 16.3. The first-order chi connectivity index (χ1) is 6.71. The van der Waals surface area contributed by atoms with Crippen molar-refractivity contribution in [1.29, 1.82) is 0 Å². The van der Waals surface area contributed by atoms with Crippen molar-refractivity contribution in [2.24, 2.45) is 5.92 Å². The molecular weight excluding hydrogens is 172 g/mol. The van der Waals surface area contributed by atoms with Gasteiger partial charge < -0.3 is 5.11 Å². The second-order valence-corrected chi connectivity index (χ2v) is 4.13. The lowest BCUT2D eigenvalue weighted by Gasteiger charge is -2.29. The Hall–Kier alpha value is -1.08. The minimum absolute atomic E-state index is 0.268. The lowest BCUT2D eigenvalue weighted by molar-refractivity contribution is 0.0135. The minimum Gasteiger partial charge on any atom is -0.385 e. The molecule has 0 amide bonds. The summed E-state index contributed by atoms with van der Waals surface area (Å²) < 4.78 is 0. The van der Waals surface area contributed by atoms with Crippen LogP contribution in [0.25, 0.3) is 0 Å². The second kappa shape index (κ2) is 3.58. The predicted octanol–water partition coefficient (Wildman–Crippen LogP) is 2.86. The number of hydrogen-bond acceptors (Lipinski definition) is 1. The number of rotatable bonds is 2. The molecule has 2 rings (SSSR count). The van der Waals surface area contributed by atoms with Crippen LogP contribution in [0.1, 0.15) is 25.3 Å². The van der Waals surface area contributed by atoms with E-state index in [2.05, 4.69) is 12.2 Å². The highest BCUT2D eigenvalue weighted by Crippen LogP contribution is 2.36. The zero-order valence-electron chi connectivity index (χ0n) is 8.48. The Labute approximate surface area is 85.1 Å². The van der Waals surface area contributed by atoms with E-state index in [1.807, 2.05) is 37.3 Å². The third-order valence-corrected chi connectivity index (χ3v) is 3.09. The van der Waals surface area contributed by atoms with Crippen LogP contribution in [0.2, 0.25) is 0 Å². The Bertz CT molecular complexity index is 324. The molecule has 0 unspecified atom stereocenters. The average molecular weight is 188 g/mol. The first-order valence-corrected chi connectivity index (χ1v) is 5.16. The van der Waals surface area contributed by atoms with Crippen molar-refractivity contribution in [3.05, 3.63) is 48.0 Å². The van der Waals surface area contributed by atoms with E-state index in [1.54, 1.807) is 0 Å². The van der Waals surface area contributed by atoms with E-state index < -0.39 is 5.60 Å². The molecule has 0 saturated heterocycles. The van der Waals surface area contributed by atoms with E-state index in [4.69, 9.17) is 0 Å². The fourth-order valence-corrected chi connectivity index (χ4v) is 2.09. The third-order valence-electron chi connectivity index (χ3n) is 3.09. The number of aliphatic hydroxyl groups is 1. The fraction of sp³-hybridized carbons (Fsp3) is 0.385. The molecule has 1 aromatic carbocycles. The number of hydrogen-bond donors (Lipinski definition) is 1. The standard InChI is InChI=1S/C13H16O/c1-13(14,12-9-5-6-10-12)11-7-3-2-4-8-11/h2-5,7-9,12,14H,6,10H2,1H3/t12-,13+/m0/s1. The summed E-state index contributed by atoms with van der Waals surface area (Å²) in [5.74, 6) is 0.268. The normalized spacial score (nSPS) is 24.9. The molecule has 74 valence electrons. The van der Waals surface area contributed by atoms with Gasteiger partial charge in [0.25, 0.3) is 0 Å². The summed E-state index contributed by atoms with van der Waals surface area (Å²) in [6.45, 7) is 1.91. The summed E-state index contributed by atoms with van der Waals surface area (Å²) in [5, 5.41) is 10.4. The van der Waals surface area contributed by atoms with Crippen molar-refractivity contribution < 1.29 is 5.11 Å².